The van der Waals surface area contributed by atoms with Crippen molar-refractivity contribution in [1.29, 1.82) is 0 Å². The Morgan fingerprint density at radius 2 is 2.28 bits per heavy atom. The molecule has 4 nitrogen and oxygen atoms in total. The van der Waals surface area contributed by atoms with Gasteiger partial charge in [-0.1, -0.05) is 0 Å². The molecule has 1 aromatic heterocycles. The quantitative estimate of drug-likeness (QED) is 0.888. The minimum Gasteiger partial charge on any atom is -0.477 e. The lowest BCUT2D eigenvalue weighted by Crippen LogP contribution is -2.29. The SMILES string of the molecule is C[C@@]1(CC(F)(F)F)OCc2cnc(C(=O)O)cc21. The molecule has 0 bridgehead atoms. The van der Waals surface area contributed by atoms with Gasteiger partial charge in [0.05, 0.1) is 18.6 Å². The first kappa shape index (κ1) is 12.8. The van der Waals surface area contributed by atoms with Gasteiger partial charge in [0.1, 0.15) is 5.69 Å². The molecule has 0 aliphatic carbocycles. The summed E-state index contributed by atoms with van der Waals surface area (Å²) >= 11 is 0. The second kappa shape index (κ2) is 3.94. The van der Waals surface area contributed by atoms with Crippen LogP contribution in [0.15, 0.2) is 12.3 Å². The second-order valence-corrected chi connectivity index (χ2v) is 4.34. The van der Waals surface area contributed by atoms with Crippen molar-refractivity contribution in [2.24, 2.45) is 0 Å². The summed E-state index contributed by atoms with van der Waals surface area (Å²) in [6.07, 6.45) is -4.29. The van der Waals surface area contributed by atoms with Crippen molar-refractivity contribution in [3.8, 4) is 0 Å². The van der Waals surface area contributed by atoms with Crippen LogP contribution in [0.5, 0.6) is 0 Å². The number of carbonyl (C=O) groups is 1. The standard InChI is InChI=1S/C11H10F3NO3/c1-10(5-11(12,13)14)7-2-8(9(16)17)15-3-6(7)4-18-10/h2-3H,4-5H2,1H3,(H,16,17)/t10-/m0/s1. The minimum atomic E-state index is -4.39. The van der Waals surface area contributed by atoms with E-state index in [9.17, 15) is 18.0 Å². The molecule has 0 spiro atoms. The highest BCUT2D eigenvalue weighted by Crippen LogP contribution is 2.43. The number of fused-ring (bicyclic) bond motifs is 1. The van der Waals surface area contributed by atoms with E-state index in [0.717, 1.165) is 6.07 Å². The molecule has 0 aromatic carbocycles. The topological polar surface area (TPSA) is 59.4 Å². The Balaban J connectivity index is 2.42. The molecule has 0 amide bonds. The van der Waals surface area contributed by atoms with Crippen molar-refractivity contribution >= 4 is 5.97 Å². The fourth-order valence-electron chi connectivity index (χ4n) is 2.05. The van der Waals surface area contributed by atoms with Crippen LogP contribution in [0.1, 0.15) is 35.0 Å². The normalized spacial score (nSPS) is 22.9. The Labute approximate surface area is 100 Å². The van der Waals surface area contributed by atoms with Crippen molar-refractivity contribution in [2.45, 2.75) is 31.7 Å². The van der Waals surface area contributed by atoms with E-state index >= 15 is 0 Å². The highest BCUT2D eigenvalue weighted by atomic mass is 19.4. The molecular weight excluding hydrogens is 251 g/mol. The number of rotatable bonds is 2. The Morgan fingerprint density at radius 1 is 1.61 bits per heavy atom. The highest BCUT2D eigenvalue weighted by molar-refractivity contribution is 5.85. The summed E-state index contributed by atoms with van der Waals surface area (Å²) in [5, 5.41) is 8.79. The van der Waals surface area contributed by atoms with Gasteiger partial charge in [0.15, 0.2) is 0 Å². The molecule has 98 valence electrons. The first-order valence-electron chi connectivity index (χ1n) is 5.15. The number of halogens is 3. The first-order chi connectivity index (χ1) is 8.21. The molecule has 18 heavy (non-hydrogen) atoms. The molecular formula is C11H10F3NO3. The fourth-order valence-corrected chi connectivity index (χ4v) is 2.05. The first-order valence-corrected chi connectivity index (χ1v) is 5.15. The number of carboxylic acids is 1. The maximum absolute atomic E-state index is 12.5. The predicted octanol–water partition coefficient (Wildman–Crippen LogP) is 2.48. The number of nitrogens with zero attached hydrogens (tertiary/aromatic N) is 1. The molecule has 0 unspecified atom stereocenters. The van der Waals surface area contributed by atoms with Gasteiger partial charge in [-0.25, -0.2) is 9.78 Å². The number of carboxylic acid groups (broad SMARTS) is 1. The number of alkyl halides is 3. The highest BCUT2D eigenvalue weighted by Gasteiger charge is 2.45. The number of hydrogen-bond donors (Lipinski definition) is 1. The van der Waals surface area contributed by atoms with Crippen LogP contribution in [0.3, 0.4) is 0 Å². The Hall–Kier alpha value is -1.63. The monoisotopic (exact) mass is 261 g/mol. The molecule has 0 saturated carbocycles. The number of aromatic nitrogens is 1. The third-order valence-corrected chi connectivity index (χ3v) is 2.86. The summed E-state index contributed by atoms with van der Waals surface area (Å²) in [7, 11) is 0. The van der Waals surface area contributed by atoms with Crippen molar-refractivity contribution < 1.29 is 27.8 Å². The minimum absolute atomic E-state index is 0.00874. The summed E-state index contributed by atoms with van der Waals surface area (Å²) in [6, 6.07) is 1.15. The van der Waals surface area contributed by atoms with Gasteiger partial charge < -0.3 is 9.84 Å². The van der Waals surface area contributed by atoms with Gasteiger partial charge in [0, 0.05) is 11.8 Å². The maximum Gasteiger partial charge on any atom is 0.392 e. The van der Waals surface area contributed by atoms with Gasteiger partial charge in [-0.15, -0.1) is 0 Å². The van der Waals surface area contributed by atoms with E-state index < -0.39 is 24.2 Å². The van der Waals surface area contributed by atoms with Crippen LogP contribution in [-0.2, 0) is 16.9 Å². The number of hydrogen-bond acceptors (Lipinski definition) is 3. The van der Waals surface area contributed by atoms with E-state index in [1.54, 1.807) is 0 Å². The lowest BCUT2D eigenvalue weighted by atomic mass is 9.91. The number of aromatic carboxylic acids is 1. The molecule has 1 atom stereocenters. The zero-order valence-electron chi connectivity index (χ0n) is 9.41. The zero-order valence-corrected chi connectivity index (χ0v) is 9.41. The molecule has 7 heteroatoms. The van der Waals surface area contributed by atoms with E-state index in [2.05, 4.69) is 4.98 Å². The van der Waals surface area contributed by atoms with Gasteiger partial charge in [-0.2, -0.15) is 13.2 Å². The van der Waals surface area contributed by atoms with Gasteiger partial charge in [-0.05, 0) is 18.6 Å². The summed E-state index contributed by atoms with van der Waals surface area (Å²) in [5.74, 6) is -1.28. The molecule has 2 rings (SSSR count). The second-order valence-electron chi connectivity index (χ2n) is 4.34. The molecule has 1 aliphatic rings. The maximum atomic E-state index is 12.5. The molecule has 1 N–H and O–H groups in total. The molecule has 0 radical (unpaired) electrons. The number of pyridine rings is 1. The van der Waals surface area contributed by atoms with Crippen LogP contribution in [-0.4, -0.2) is 22.2 Å². The van der Waals surface area contributed by atoms with Crippen molar-refractivity contribution in [1.82, 2.24) is 4.98 Å². The summed E-state index contributed by atoms with van der Waals surface area (Å²) in [5.41, 5.74) is -1.09. The van der Waals surface area contributed by atoms with E-state index in [4.69, 9.17) is 9.84 Å². The molecule has 0 fully saturated rings. The third-order valence-electron chi connectivity index (χ3n) is 2.86. The largest absolute Gasteiger partial charge is 0.477 e. The average Bonchev–Trinajstić information content (AvgIpc) is 2.53. The fraction of sp³-hybridized carbons (Fsp3) is 0.455. The van der Waals surface area contributed by atoms with E-state index in [-0.39, 0.29) is 17.9 Å². The zero-order chi connectivity index (χ0) is 13.6. The smallest absolute Gasteiger partial charge is 0.392 e. The van der Waals surface area contributed by atoms with E-state index in [0.29, 0.717) is 5.56 Å². The van der Waals surface area contributed by atoms with E-state index in [1.165, 1.54) is 13.1 Å². The van der Waals surface area contributed by atoms with Gasteiger partial charge in [-0.3, -0.25) is 0 Å². The van der Waals surface area contributed by atoms with Gasteiger partial charge >= 0.3 is 12.1 Å². The lowest BCUT2D eigenvalue weighted by Gasteiger charge is -2.26. The van der Waals surface area contributed by atoms with Gasteiger partial charge in [0.2, 0.25) is 0 Å². The third kappa shape index (κ3) is 2.31. The predicted molar refractivity (Wildman–Crippen MR) is 54.0 cm³/mol. The van der Waals surface area contributed by atoms with E-state index in [1.807, 2.05) is 0 Å². The average molecular weight is 261 g/mol. The van der Waals surface area contributed by atoms with Crippen molar-refractivity contribution in [3.63, 3.8) is 0 Å². The molecule has 0 saturated heterocycles. The summed E-state index contributed by atoms with van der Waals surface area (Å²) in [6.45, 7) is 1.31. The Morgan fingerprint density at radius 3 is 2.83 bits per heavy atom. The van der Waals surface area contributed by atoms with Crippen molar-refractivity contribution in [2.75, 3.05) is 0 Å². The summed E-state index contributed by atoms with van der Waals surface area (Å²) < 4.78 is 42.7. The van der Waals surface area contributed by atoms with Crippen LogP contribution >= 0.6 is 0 Å². The van der Waals surface area contributed by atoms with Crippen LogP contribution in [0.25, 0.3) is 0 Å². The Bertz CT molecular complexity index is 501. The van der Waals surface area contributed by atoms with Gasteiger partial charge in [0.25, 0.3) is 0 Å². The van der Waals surface area contributed by atoms with Crippen LogP contribution < -0.4 is 0 Å². The van der Waals surface area contributed by atoms with Crippen molar-refractivity contribution in [3.05, 3.63) is 29.1 Å². The molecule has 1 aromatic rings. The molecule has 2 heterocycles. The summed E-state index contributed by atoms with van der Waals surface area (Å²) in [4.78, 5) is 14.4. The Kier molecular flexibility index (Phi) is 2.81. The molecule has 1 aliphatic heterocycles. The van der Waals surface area contributed by atoms with Crippen LogP contribution in [0, 0.1) is 0 Å². The number of ether oxygens (including phenoxy) is 1. The lowest BCUT2D eigenvalue weighted by molar-refractivity contribution is -0.184. The van der Waals surface area contributed by atoms with Crippen LogP contribution in [0.2, 0.25) is 0 Å². The van der Waals surface area contributed by atoms with Crippen LogP contribution in [0.4, 0.5) is 13.2 Å².